The summed E-state index contributed by atoms with van der Waals surface area (Å²) in [4.78, 5) is 18.9. The molecule has 7 nitrogen and oxygen atoms in total. The van der Waals surface area contributed by atoms with Crippen molar-refractivity contribution in [3.05, 3.63) is 94.8 Å². The van der Waals surface area contributed by atoms with Crippen LogP contribution in [0, 0.1) is 6.92 Å². The Morgan fingerprint density at radius 2 is 1.79 bits per heavy atom. The van der Waals surface area contributed by atoms with E-state index in [-0.39, 0.29) is 11.6 Å². The van der Waals surface area contributed by atoms with Crippen molar-refractivity contribution in [2.24, 2.45) is 7.05 Å². The van der Waals surface area contributed by atoms with Crippen molar-refractivity contribution in [1.29, 1.82) is 0 Å². The summed E-state index contributed by atoms with van der Waals surface area (Å²) in [5.74, 6) is 0.376. The van der Waals surface area contributed by atoms with Gasteiger partial charge in [0.25, 0.3) is 5.91 Å². The number of halogens is 1. The SMILES string of the molecule is Cc1nn(-c2ccccc2)nc1C(=O)N[C@@H](c1ccc(Cl)cc1)c1nccn1C. The number of hydrogen-bond donors (Lipinski definition) is 1. The minimum Gasteiger partial charge on any atom is -0.337 e. The molecular weight excluding hydrogens is 388 g/mol. The number of para-hydroxylation sites is 1. The van der Waals surface area contributed by atoms with Crippen LogP contribution in [0.5, 0.6) is 0 Å². The maximum atomic E-state index is 13.1. The molecule has 0 saturated carbocycles. The summed E-state index contributed by atoms with van der Waals surface area (Å²) in [6, 6.07) is 16.3. The Kier molecular flexibility index (Phi) is 5.14. The zero-order valence-corrected chi connectivity index (χ0v) is 16.7. The second kappa shape index (κ2) is 7.89. The van der Waals surface area contributed by atoms with Crippen molar-refractivity contribution in [3.8, 4) is 5.69 Å². The molecule has 1 atom stereocenters. The Balaban J connectivity index is 1.66. The molecule has 2 aromatic carbocycles. The van der Waals surface area contributed by atoms with Gasteiger partial charge in [0.15, 0.2) is 5.69 Å². The summed E-state index contributed by atoms with van der Waals surface area (Å²) in [5.41, 5.74) is 2.46. The standard InChI is InChI=1S/C21H19ClN6O/c1-14-18(26-28(25-14)17-6-4-3-5-7-17)21(29)24-19(20-23-12-13-27(20)2)15-8-10-16(22)11-9-15/h3-13,19H,1-2H3,(H,24,29)/t19-/m0/s1. The molecule has 4 aromatic rings. The van der Waals surface area contributed by atoms with E-state index in [0.29, 0.717) is 16.5 Å². The summed E-state index contributed by atoms with van der Waals surface area (Å²) in [5, 5.41) is 12.4. The number of aryl methyl sites for hydroxylation is 2. The Morgan fingerprint density at radius 3 is 2.45 bits per heavy atom. The molecule has 2 heterocycles. The van der Waals surface area contributed by atoms with Gasteiger partial charge >= 0.3 is 0 Å². The zero-order valence-electron chi connectivity index (χ0n) is 16.0. The quantitative estimate of drug-likeness (QED) is 0.550. The fourth-order valence-corrected chi connectivity index (χ4v) is 3.20. The Bertz CT molecular complexity index is 1130. The maximum Gasteiger partial charge on any atom is 0.274 e. The predicted molar refractivity (Wildman–Crippen MR) is 110 cm³/mol. The van der Waals surface area contributed by atoms with Gasteiger partial charge in [-0.2, -0.15) is 9.90 Å². The summed E-state index contributed by atoms with van der Waals surface area (Å²) < 4.78 is 1.87. The number of benzene rings is 2. The highest BCUT2D eigenvalue weighted by atomic mass is 35.5. The number of hydrogen-bond acceptors (Lipinski definition) is 4. The highest BCUT2D eigenvalue weighted by Gasteiger charge is 2.24. The highest BCUT2D eigenvalue weighted by molar-refractivity contribution is 6.30. The molecule has 1 amide bonds. The Hall–Kier alpha value is -3.45. The van der Waals surface area contributed by atoms with E-state index in [0.717, 1.165) is 11.3 Å². The molecule has 8 heteroatoms. The fraction of sp³-hybridized carbons (Fsp3) is 0.143. The van der Waals surface area contributed by atoms with Crippen LogP contribution in [0.1, 0.15) is 33.6 Å². The third-order valence-electron chi connectivity index (χ3n) is 4.58. The molecule has 4 rings (SSSR count). The first-order chi connectivity index (χ1) is 14.0. The second-order valence-corrected chi connectivity index (χ2v) is 7.05. The maximum absolute atomic E-state index is 13.1. The molecule has 0 spiro atoms. The number of rotatable bonds is 5. The lowest BCUT2D eigenvalue weighted by molar-refractivity contribution is 0.0935. The molecule has 0 bridgehead atoms. The average molecular weight is 407 g/mol. The van der Waals surface area contributed by atoms with Gasteiger partial charge < -0.3 is 9.88 Å². The smallest absolute Gasteiger partial charge is 0.274 e. The van der Waals surface area contributed by atoms with E-state index < -0.39 is 6.04 Å². The fourth-order valence-electron chi connectivity index (χ4n) is 3.07. The molecule has 0 radical (unpaired) electrons. The van der Waals surface area contributed by atoms with E-state index in [1.807, 2.05) is 60.3 Å². The molecule has 2 aromatic heterocycles. The van der Waals surface area contributed by atoms with Crippen LogP contribution < -0.4 is 5.32 Å². The molecule has 0 unspecified atom stereocenters. The lowest BCUT2D eigenvalue weighted by atomic mass is 10.1. The van der Waals surface area contributed by atoms with Gasteiger partial charge in [0.05, 0.1) is 11.4 Å². The van der Waals surface area contributed by atoms with Gasteiger partial charge in [-0.05, 0) is 36.8 Å². The van der Waals surface area contributed by atoms with E-state index in [4.69, 9.17) is 11.6 Å². The minimum atomic E-state index is -0.457. The summed E-state index contributed by atoms with van der Waals surface area (Å²) in [6.07, 6.45) is 3.53. The van der Waals surface area contributed by atoms with Crippen LogP contribution in [0.2, 0.25) is 5.02 Å². The van der Waals surface area contributed by atoms with Gasteiger partial charge in [-0.25, -0.2) is 4.98 Å². The highest BCUT2D eigenvalue weighted by Crippen LogP contribution is 2.23. The van der Waals surface area contributed by atoms with Crippen molar-refractivity contribution in [2.45, 2.75) is 13.0 Å². The number of carbonyl (C=O) groups excluding carboxylic acids is 1. The monoisotopic (exact) mass is 406 g/mol. The van der Waals surface area contributed by atoms with E-state index >= 15 is 0 Å². The first kappa shape index (κ1) is 18.9. The summed E-state index contributed by atoms with van der Waals surface area (Å²) >= 11 is 6.03. The first-order valence-corrected chi connectivity index (χ1v) is 9.43. The number of nitrogens with one attached hydrogen (secondary N) is 1. The predicted octanol–water partition coefficient (Wildman–Crippen LogP) is 3.48. The van der Waals surface area contributed by atoms with Crippen LogP contribution in [0.3, 0.4) is 0 Å². The summed E-state index contributed by atoms with van der Waals surface area (Å²) in [6.45, 7) is 1.76. The normalized spacial score (nSPS) is 12.0. The summed E-state index contributed by atoms with van der Waals surface area (Å²) in [7, 11) is 1.88. The van der Waals surface area contributed by atoms with Gasteiger partial charge in [0.1, 0.15) is 11.9 Å². The van der Waals surface area contributed by atoms with Crippen LogP contribution >= 0.6 is 11.6 Å². The van der Waals surface area contributed by atoms with Crippen molar-refractivity contribution >= 4 is 17.5 Å². The molecular formula is C21H19ClN6O. The van der Waals surface area contributed by atoms with Crippen LogP contribution in [-0.4, -0.2) is 30.5 Å². The van der Waals surface area contributed by atoms with Gasteiger partial charge in [0.2, 0.25) is 0 Å². The Morgan fingerprint density at radius 1 is 1.07 bits per heavy atom. The molecule has 146 valence electrons. The van der Waals surface area contributed by atoms with E-state index in [1.54, 1.807) is 25.3 Å². The second-order valence-electron chi connectivity index (χ2n) is 6.61. The molecule has 0 aliphatic heterocycles. The third-order valence-corrected chi connectivity index (χ3v) is 4.83. The molecule has 0 aliphatic carbocycles. The molecule has 0 saturated heterocycles. The van der Waals surface area contributed by atoms with Gasteiger partial charge in [0, 0.05) is 24.5 Å². The van der Waals surface area contributed by atoms with Crippen molar-refractivity contribution in [1.82, 2.24) is 29.9 Å². The van der Waals surface area contributed by atoms with Gasteiger partial charge in [-0.15, -0.1) is 5.10 Å². The van der Waals surface area contributed by atoms with Crippen LogP contribution in [0.15, 0.2) is 67.0 Å². The number of aromatic nitrogens is 5. The van der Waals surface area contributed by atoms with Gasteiger partial charge in [-0.1, -0.05) is 41.9 Å². The number of imidazole rings is 1. The lowest BCUT2D eigenvalue weighted by Gasteiger charge is -2.18. The Labute approximate surface area is 173 Å². The third kappa shape index (κ3) is 3.90. The number of amides is 1. The van der Waals surface area contributed by atoms with Gasteiger partial charge in [-0.3, -0.25) is 4.79 Å². The lowest BCUT2D eigenvalue weighted by Crippen LogP contribution is -2.31. The van der Waals surface area contributed by atoms with E-state index in [2.05, 4.69) is 20.5 Å². The molecule has 0 aliphatic rings. The number of nitrogens with zero attached hydrogens (tertiary/aromatic N) is 5. The van der Waals surface area contributed by atoms with Crippen LogP contribution in [-0.2, 0) is 7.05 Å². The average Bonchev–Trinajstić information content (AvgIpc) is 3.33. The number of carbonyl (C=O) groups is 1. The molecule has 0 fully saturated rings. The largest absolute Gasteiger partial charge is 0.337 e. The van der Waals surface area contributed by atoms with Crippen LogP contribution in [0.25, 0.3) is 5.69 Å². The molecule has 29 heavy (non-hydrogen) atoms. The van der Waals surface area contributed by atoms with Crippen molar-refractivity contribution in [3.63, 3.8) is 0 Å². The van der Waals surface area contributed by atoms with Crippen LogP contribution in [0.4, 0.5) is 0 Å². The zero-order chi connectivity index (χ0) is 20.4. The van der Waals surface area contributed by atoms with Crippen molar-refractivity contribution < 1.29 is 4.79 Å². The minimum absolute atomic E-state index is 0.266. The first-order valence-electron chi connectivity index (χ1n) is 9.06. The van der Waals surface area contributed by atoms with E-state index in [9.17, 15) is 4.79 Å². The topological polar surface area (TPSA) is 77.6 Å². The van der Waals surface area contributed by atoms with E-state index in [1.165, 1.54) is 4.80 Å². The molecule has 1 N–H and O–H groups in total. The van der Waals surface area contributed by atoms with Crippen molar-refractivity contribution in [2.75, 3.05) is 0 Å².